The number of fused-ring (bicyclic) bond motifs is 1. The van der Waals surface area contributed by atoms with Gasteiger partial charge in [0.05, 0.1) is 17.2 Å². The van der Waals surface area contributed by atoms with Gasteiger partial charge < -0.3 is 4.57 Å². The molecule has 0 fully saturated rings. The molecule has 3 nitrogen and oxygen atoms in total. The fourth-order valence-electron chi connectivity index (χ4n) is 1.95. The van der Waals surface area contributed by atoms with Gasteiger partial charge in [-0.3, -0.25) is 4.99 Å². The maximum atomic E-state index is 4.58. The van der Waals surface area contributed by atoms with E-state index in [1.54, 1.807) is 0 Å². The van der Waals surface area contributed by atoms with Gasteiger partial charge in [-0.25, -0.2) is 4.98 Å². The van der Waals surface area contributed by atoms with Crippen LogP contribution in [0.5, 0.6) is 0 Å². The van der Waals surface area contributed by atoms with Crippen LogP contribution in [0.1, 0.15) is 32.5 Å². The predicted octanol–water partition coefficient (Wildman–Crippen LogP) is 3.18. The molecule has 0 unspecified atom stereocenters. The Balaban J connectivity index is 2.33. The minimum atomic E-state index is 0.412. The molecule has 0 spiro atoms. The van der Waals surface area contributed by atoms with Crippen LogP contribution >= 0.6 is 0 Å². The van der Waals surface area contributed by atoms with Crippen LogP contribution in [-0.2, 0) is 7.05 Å². The molecule has 2 aromatic rings. The quantitative estimate of drug-likeness (QED) is 0.740. The maximum absolute atomic E-state index is 4.58. The first-order valence-electron chi connectivity index (χ1n) is 6.20. The highest BCUT2D eigenvalue weighted by Crippen LogP contribution is 2.13. The first-order chi connectivity index (χ1) is 8.26. The number of benzene rings is 1. The SMILES string of the molecule is CCC(CC)/N=C/c1nc2ccccc2n1C. The minimum Gasteiger partial charge on any atom is -0.326 e. The number of nitrogens with zero attached hydrogens (tertiary/aromatic N) is 3. The van der Waals surface area contributed by atoms with Gasteiger partial charge in [-0.05, 0) is 25.0 Å². The van der Waals surface area contributed by atoms with Crippen LogP contribution in [-0.4, -0.2) is 21.8 Å². The number of hydrogen-bond donors (Lipinski definition) is 0. The van der Waals surface area contributed by atoms with Crippen molar-refractivity contribution in [3.63, 3.8) is 0 Å². The Morgan fingerprint density at radius 1 is 1.29 bits per heavy atom. The second-order valence-electron chi connectivity index (χ2n) is 4.27. The van der Waals surface area contributed by atoms with Crippen LogP contribution in [0.15, 0.2) is 29.3 Å². The van der Waals surface area contributed by atoms with Gasteiger partial charge in [-0.2, -0.15) is 0 Å². The number of aliphatic imine (C=N–C) groups is 1. The zero-order chi connectivity index (χ0) is 12.3. The van der Waals surface area contributed by atoms with Gasteiger partial charge >= 0.3 is 0 Å². The zero-order valence-corrected chi connectivity index (χ0v) is 10.7. The average Bonchev–Trinajstić information content (AvgIpc) is 2.68. The predicted molar refractivity (Wildman–Crippen MR) is 72.7 cm³/mol. The molecule has 0 saturated heterocycles. The number of aryl methyl sites for hydroxylation is 1. The third-order valence-corrected chi connectivity index (χ3v) is 3.17. The lowest BCUT2D eigenvalue weighted by Crippen LogP contribution is -2.03. The summed E-state index contributed by atoms with van der Waals surface area (Å²) in [5.74, 6) is 0.929. The van der Waals surface area contributed by atoms with Gasteiger partial charge in [-0.1, -0.05) is 26.0 Å². The van der Waals surface area contributed by atoms with Crippen molar-refractivity contribution >= 4 is 17.2 Å². The monoisotopic (exact) mass is 229 g/mol. The largest absolute Gasteiger partial charge is 0.326 e. The lowest BCUT2D eigenvalue weighted by molar-refractivity contribution is 0.633. The first kappa shape index (κ1) is 11.8. The summed E-state index contributed by atoms with van der Waals surface area (Å²) in [6.07, 6.45) is 4.06. The maximum Gasteiger partial charge on any atom is 0.151 e. The first-order valence-corrected chi connectivity index (χ1v) is 6.20. The van der Waals surface area contributed by atoms with Crippen LogP contribution in [0.3, 0.4) is 0 Å². The molecule has 1 aromatic heterocycles. The Morgan fingerprint density at radius 2 is 2.00 bits per heavy atom. The Hall–Kier alpha value is -1.64. The summed E-state index contributed by atoms with van der Waals surface area (Å²) in [5, 5.41) is 0. The molecular formula is C14H19N3. The average molecular weight is 229 g/mol. The molecule has 90 valence electrons. The van der Waals surface area contributed by atoms with E-state index in [2.05, 4.69) is 34.5 Å². The summed E-state index contributed by atoms with van der Waals surface area (Å²) >= 11 is 0. The van der Waals surface area contributed by atoms with Crippen molar-refractivity contribution in [1.29, 1.82) is 0 Å². The van der Waals surface area contributed by atoms with Crippen molar-refractivity contribution in [3.8, 4) is 0 Å². The van der Waals surface area contributed by atoms with Crippen molar-refractivity contribution < 1.29 is 0 Å². The zero-order valence-electron chi connectivity index (χ0n) is 10.7. The molecule has 0 radical (unpaired) electrons. The smallest absolute Gasteiger partial charge is 0.151 e. The van der Waals surface area contributed by atoms with Crippen LogP contribution in [0, 0.1) is 0 Å². The molecule has 3 heteroatoms. The van der Waals surface area contributed by atoms with Crippen LogP contribution in [0.25, 0.3) is 11.0 Å². The van der Waals surface area contributed by atoms with Crippen molar-refractivity contribution in [3.05, 3.63) is 30.1 Å². The number of aromatic nitrogens is 2. The van der Waals surface area contributed by atoms with E-state index in [0.717, 1.165) is 29.7 Å². The highest BCUT2D eigenvalue weighted by Gasteiger charge is 2.05. The number of rotatable bonds is 4. The van der Waals surface area contributed by atoms with E-state index in [4.69, 9.17) is 0 Å². The van der Waals surface area contributed by atoms with E-state index in [1.807, 2.05) is 31.5 Å². The Kier molecular flexibility index (Phi) is 3.57. The fraction of sp³-hybridized carbons (Fsp3) is 0.429. The lowest BCUT2D eigenvalue weighted by Gasteiger charge is -2.04. The van der Waals surface area contributed by atoms with E-state index >= 15 is 0 Å². The molecule has 1 heterocycles. The minimum absolute atomic E-state index is 0.412. The van der Waals surface area contributed by atoms with Gasteiger partial charge in [0.2, 0.25) is 0 Å². The summed E-state index contributed by atoms with van der Waals surface area (Å²) in [5.41, 5.74) is 2.18. The van der Waals surface area contributed by atoms with Gasteiger partial charge in [0.1, 0.15) is 0 Å². The second-order valence-corrected chi connectivity index (χ2v) is 4.27. The summed E-state index contributed by atoms with van der Waals surface area (Å²) in [4.78, 5) is 9.15. The summed E-state index contributed by atoms with van der Waals surface area (Å²) in [6.45, 7) is 4.33. The van der Waals surface area contributed by atoms with Crippen molar-refractivity contribution in [2.24, 2.45) is 12.0 Å². The molecule has 0 N–H and O–H groups in total. The summed E-state index contributed by atoms with van der Waals surface area (Å²) in [6, 6.07) is 8.57. The van der Waals surface area contributed by atoms with E-state index in [1.165, 1.54) is 0 Å². The van der Waals surface area contributed by atoms with E-state index in [-0.39, 0.29) is 0 Å². The molecule has 2 rings (SSSR count). The molecular weight excluding hydrogens is 210 g/mol. The Morgan fingerprint density at radius 3 is 2.65 bits per heavy atom. The fourth-order valence-corrected chi connectivity index (χ4v) is 1.95. The Bertz CT molecular complexity index is 521. The van der Waals surface area contributed by atoms with Crippen LogP contribution in [0.2, 0.25) is 0 Å². The molecule has 0 atom stereocenters. The third-order valence-electron chi connectivity index (χ3n) is 3.17. The van der Waals surface area contributed by atoms with Gasteiger partial charge in [0.15, 0.2) is 5.82 Å². The number of para-hydroxylation sites is 2. The van der Waals surface area contributed by atoms with Gasteiger partial charge in [-0.15, -0.1) is 0 Å². The van der Waals surface area contributed by atoms with Crippen molar-refractivity contribution in [2.75, 3.05) is 0 Å². The van der Waals surface area contributed by atoms with Crippen LogP contribution in [0.4, 0.5) is 0 Å². The third kappa shape index (κ3) is 2.38. The normalized spacial score (nSPS) is 12.0. The molecule has 0 aliphatic heterocycles. The molecule has 0 aliphatic rings. The van der Waals surface area contributed by atoms with Crippen molar-refractivity contribution in [2.45, 2.75) is 32.7 Å². The molecule has 0 amide bonds. The summed E-state index contributed by atoms with van der Waals surface area (Å²) in [7, 11) is 2.03. The molecule has 0 bridgehead atoms. The molecule has 0 saturated carbocycles. The summed E-state index contributed by atoms with van der Waals surface area (Å²) < 4.78 is 2.08. The van der Waals surface area contributed by atoms with E-state index < -0.39 is 0 Å². The standard InChI is InChI=1S/C14H19N3/c1-4-11(5-2)15-10-14-16-12-8-6-7-9-13(12)17(14)3/h6-11H,4-5H2,1-3H3/b15-10+. The number of hydrogen-bond acceptors (Lipinski definition) is 2. The van der Waals surface area contributed by atoms with Crippen LogP contribution < -0.4 is 0 Å². The lowest BCUT2D eigenvalue weighted by atomic mass is 10.2. The molecule has 17 heavy (non-hydrogen) atoms. The molecule has 0 aliphatic carbocycles. The molecule has 1 aromatic carbocycles. The topological polar surface area (TPSA) is 30.2 Å². The highest BCUT2D eigenvalue weighted by molar-refractivity contribution is 5.84. The highest BCUT2D eigenvalue weighted by atomic mass is 15.1. The van der Waals surface area contributed by atoms with E-state index in [9.17, 15) is 0 Å². The second kappa shape index (κ2) is 5.13. The Labute approximate surface area is 102 Å². The van der Waals surface area contributed by atoms with Gasteiger partial charge in [0.25, 0.3) is 0 Å². The van der Waals surface area contributed by atoms with E-state index in [0.29, 0.717) is 6.04 Å². The van der Waals surface area contributed by atoms with Gasteiger partial charge in [0, 0.05) is 13.1 Å². The number of imidazole rings is 1. The van der Waals surface area contributed by atoms with Crippen molar-refractivity contribution in [1.82, 2.24) is 9.55 Å².